The standard InChI is InChI=1S/C22H16Cl2N2O3/c1-2-26-18-5-3-4-6-20(18)29-19-10-8-14(12-16(19)22(26)28)25-21(27)15-11-13(23)7-9-17(15)24/h3-12H,2H2,1H3,(H,25,27). The van der Waals surface area contributed by atoms with E-state index in [0.29, 0.717) is 40.0 Å². The van der Waals surface area contributed by atoms with Crippen LogP contribution in [0.4, 0.5) is 11.4 Å². The lowest BCUT2D eigenvalue weighted by molar-refractivity contribution is 0.0985. The molecule has 0 saturated carbocycles. The van der Waals surface area contributed by atoms with Gasteiger partial charge in [0.25, 0.3) is 11.8 Å². The van der Waals surface area contributed by atoms with Crippen molar-refractivity contribution >= 4 is 46.4 Å². The lowest BCUT2D eigenvalue weighted by atomic mass is 10.1. The highest BCUT2D eigenvalue weighted by Crippen LogP contribution is 2.39. The van der Waals surface area contributed by atoms with Crippen LogP contribution in [0.25, 0.3) is 0 Å². The van der Waals surface area contributed by atoms with E-state index in [1.807, 2.05) is 31.2 Å². The van der Waals surface area contributed by atoms with Crippen LogP contribution < -0.4 is 15.0 Å². The number of halogens is 2. The molecule has 1 N–H and O–H groups in total. The first kappa shape index (κ1) is 19.3. The molecular weight excluding hydrogens is 411 g/mol. The van der Waals surface area contributed by atoms with E-state index < -0.39 is 5.91 Å². The molecule has 4 rings (SSSR count). The molecule has 2 amide bonds. The average Bonchev–Trinajstić information content (AvgIpc) is 2.83. The first-order valence-electron chi connectivity index (χ1n) is 8.97. The molecule has 0 bridgehead atoms. The summed E-state index contributed by atoms with van der Waals surface area (Å²) < 4.78 is 5.97. The zero-order valence-corrected chi connectivity index (χ0v) is 16.9. The Kier molecular flexibility index (Phi) is 5.18. The van der Waals surface area contributed by atoms with Crippen molar-refractivity contribution in [3.63, 3.8) is 0 Å². The van der Waals surface area contributed by atoms with Gasteiger partial charge in [0.2, 0.25) is 0 Å². The van der Waals surface area contributed by atoms with Crippen molar-refractivity contribution in [1.82, 2.24) is 0 Å². The summed E-state index contributed by atoms with van der Waals surface area (Å²) in [4.78, 5) is 27.4. The number of fused-ring (bicyclic) bond motifs is 2. The molecule has 1 aliphatic rings. The van der Waals surface area contributed by atoms with Gasteiger partial charge in [-0.2, -0.15) is 0 Å². The van der Waals surface area contributed by atoms with Crippen LogP contribution in [0.15, 0.2) is 60.7 Å². The van der Waals surface area contributed by atoms with Crippen LogP contribution in [0.2, 0.25) is 10.0 Å². The molecule has 7 heteroatoms. The Balaban J connectivity index is 1.69. The molecule has 146 valence electrons. The average molecular weight is 427 g/mol. The van der Waals surface area contributed by atoms with Gasteiger partial charge in [0, 0.05) is 17.3 Å². The van der Waals surface area contributed by atoms with Crippen LogP contribution in [0, 0.1) is 0 Å². The van der Waals surface area contributed by atoms with Crippen LogP contribution in [0.3, 0.4) is 0 Å². The van der Waals surface area contributed by atoms with Crippen LogP contribution in [0.5, 0.6) is 11.5 Å². The van der Waals surface area contributed by atoms with Crippen LogP contribution in [0.1, 0.15) is 27.6 Å². The number of ether oxygens (including phenoxy) is 1. The zero-order valence-electron chi connectivity index (χ0n) is 15.4. The molecule has 29 heavy (non-hydrogen) atoms. The monoisotopic (exact) mass is 426 g/mol. The molecule has 0 saturated heterocycles. The number of hydrogen-bond acceptors (Lipinski definition) is 3. The molecule has 1 heterocycles. The maximum Gasteiger partial charge on any atom is 0.262 e. The highest BCUT2D eigenvalue weighted by molar-refractivity contribution is 6.36. The van der Waals surface area contributed by atoms with E-state index in [-0.39, 0.29) is 16.5 Å². The van der Waals surface area contributed by atoms with Crippen molar-refractivity contribution in [2.45, 2.75) is 6.92 Å². The van der Waals surface area contributed by atoms with E-state index >= 15 is 0 Å². The lowest BCUT2D eigenvalue weighted by Gasteiger charge is -2.19. The topological polar surface area (TPSA) is 58.6 Å². The number of amides is 2. The van der Waals surface area contributed by atoms with Crippen molar-refractivity contribution in [3.8, 4) is 11.5 Å². The number of carbonyl (C=O) groups excluding carboxylic acids is 2. The van der Waals surface area contributed by atoms with Crippen molar-refractivity contribution < 1.29 is 14.3 Å². The second-order valence-electron chi connectivity index (χ2n) is 6.41. The van der Waals surface area contributed by atoms with E-state index in [4.69, 9.17) is 27.9 Å². The Morgan fingerprint density at radius 1 is 1.03 bits per heavy atom. The lowest BCUT2D eigenvalue weighted by Crippen LogP contribution is -2.29. The van der Waals surface area contributed by atoms with E-state index in [9.17, 15) is 9.59 Å². The highest BCUT2D eigenvalue weighted by Gasteiger charge is 2.27. The molecule has 5 nitrogen and oxygen atoms in total. The fraction of sp³-hybridized carbons (Fsp3) is 0.0909. The summed E-state index contributed by atoms with van der Waals surface area (Å²) in [5.74, 6) is 0.403. The summed E-state index contributed by atoms with van der Waals surface area (Å²) in [6.07, 6.45) is 0. The number of nitrogens with one attached hydrogen (secondary N) is 1. The molecule has 0 spiro atoms. The Morgan fingerprint density at radius 2 is 1.83 bits per heavy atom. The molecule has 0 aromatic heterocycles. The summed E-state index contributed by atoms with van der Waals surface area (Å²) >= 11 is 12.1. The van der Waals surface area contributed by atoms with Crippen LogP contribution in [-0.2, 0) is 0 Å². The van der Waals surface area contributed by atoms with E-state index in [2.05, 4.69) is 5.32 Å². The Labute approximate surface area is 177 Å². The van der Waals surface area contributed by atoms with Crippen molar-refractivity contribution in [2.75, 3.05) is 16.8 Å². The largest absolute Gasteiger partial charge is 0.454 e. The molecule has 0 radical (unpaired) electrons. The Morgan fingerprint density at radius 3 is 2.62 bits per heavy atom. The van der Waals surface area contributed by atoms with Gasteiger partial charge >= 0.3 is 0 Å². The quantitative estimate of drug-likeness (QED) is 0.556. The first-order chi connectivity index (χ1) is 14.0. The fourth-order valence-corrected chi connectivity index (χ4v) is 3.56. The third-order valence-electron chi connectivity index (χ3n) is 4.58. The predicted molar refractivity (Wildman–Crippen MR) is 115 cm³/mol. The van der Waals surface area contributed by atoms with Gasteiger partial charge in [-0.1, -0.05) is 35.3 Å². The molecule has 0 unspecified atom stereocenters. The van der Waals surface area contributed by atoms with Crippen molar-refractivity contribution in [3.05, 3.63) is 81.8 Å². The van der Waals surface area contributed by atoms with E-state index in [1.54, 1.807) is 35.2 Å². The second-order valence-corrected chi connectivity index (χ2v) is 7.25. The molecule has 3 aromatic carbocycles. The maximum atomic E-state index is 13.1. The van der Waals surface area contributed by atoms with Gasteiger partial charge in [-0.25, -0.2) is 0 Å². The smallest absolute Gasteiger partial charge is 0.262 e. The Bertz CT molecular complexity index is 1130. The van der Waals surface area contributed by atoms with Crippen LogP contribution in [-0.4, -0.2) is 18.4 Å². The van der Waals surface area contributed by atoms with Crippen molar-refractivity contribution in [2.24, 2.45) is 0 Å². The molecule has 3 aromatic rings. The van der Waals surface area contributed by atoms with Crippen LogP contribution >= 0.6 is 23.2 Å². The highest BCUT2D eigenvalue weighted by atomic mass is 35.5. The minimum Gasteiger partial charge on any atom is -0.454 e. The zero-order chi connectivity index (χ0) is 20.5. The number of anilines is 2. The molecule has 0 fully saturated rings. The van der Waals surface area contributed by atoms with Gasteiger partial charge in [-0.15, -0.1) is 0 Å². The third kappa shape index (κ3) is 3.67. The number of hydrogen-bond donors (Lipinski definition) is 1. The summed E-state index contributed by atoms with van der Waals surface area (Å²) in [6.45, 7) is 2.37. The summed E-state index contributed by atoms with van der Waals surface area (Å²) in [5.41, 5.74) is 1.76. The normalized spacial score (nSPS) is 12.5. The molecule has 0 aliphatic carbocycles. The third-order valence-corrected chi connectivity index (χ3v) is 5.14. The maximum absolute atomic E-state index is 13.1. The van der Waals surface area contributed by atoms with E-state index in [1.165, 1.54) is 6.07 Å². The molecule has 1 aliphatic heterocycles. The predicted octanol–water partition coefficient (Wildman–Crippen LogP) is 6.02. The Hall–Kier alpha value is -3.02. The summed E-state index contributed by atoms with van der Waals surface area (Å²) in [6, 6.07) is 17.0. The minimum atomic E-state index is -0.421. The number of para-hydroxylation sites is 2. The fourth-order valence-electron chi connectivity index (χ4n) is 3.19. The first-order valence-corrected chi connectivity index (χ1v) is 9.72. The van der Waals surface area contributed by atoms with Gasteiger partial charge in [0.15, 0.2) is 5.75 Å². The number of carbonyl (C=O) groups is 2. The van der Waals surface area contributed by atoms with Gasteiger partial charge in [-0.05, 0) is 55.5 Å². The molecular formula is C22H16Cl2N2O3. The van der Waals surface area contributed by atoms with Gasteiger partial charge in [-0.3, -0.25) is 9.59 Å². The molecule has 0 atom stereocenters. The van der Waals surface area contributed by atoms with Gasteiger partial charge in [0.05, 0.1) is 21.8 Å². The van der Waals surface area contributed by atoms with Gasteiger partial charge in [0.1, 0.15) is 5.75 Å². The summed E-state index contributed by atoms with van der Waals surface area (Å²) in [5, 5.41) is 3.45. The second kappa shape index (κ2) is 7.78. The van der Waals surface area contributed by atoms with Gasteiger partial charge < -0.3 is 15.0 Å². The van der Waals surface area contributed by atoms with E-state index in [0.717, 1.165) is 0 Å². The SMILES string of the molecule is CCN1C(=O)c2cc(NC(=O)c3cc(Cl)ccc3Cl)ccc2Oc2ccccc21. The summed E-state index contributed by atoms with van der Waals surface area (Å²) in [7, 11) is 0. The minimum absolute atomic E-state index is 0.204. The van der Waals surface area contributed by atoms with Crippen molar-refractivity contribution in [1.29, 1.82) is 0 Å². The number of nitrogens with zero attached hydrogens (tertiary/aromatic N) is 1. The number of benzene rings is 3. The number of rotatable bonds is 3.